The Hall–Kier alpha value is -3.29. The molecule has 5 rings (SSSR count). The second-order valence-electron chi connectivity index (χ2n) is 6.50. The van der Waals surface area contributed by atoms with E-state index in [4.69, 9.17) is 0 Å². The van der Waals surface area contributed by atoms with E-state index in [1.807, 2.05) is 54.7 Å². The molecule has 0 radical (unpaired) electrons. The number of anilines is 1. The van der Waals surface area contributed by atoms with Crippen molar-refractivity contribution < 1.29 is 0 Å². The molecule has 4 aromatic rings. The number of hydrogen-bond acceptors (Lipinski definition) is 6. The number of piperidine rings is 1. The molecule has 1 atom stereocenters. The first-order valence-corrected chi connectivity index (χ1v) is 8.78. The van der Waals surface area contributed by atoms with Crippen LogP contribution in [0.4, 0.5) is 5.95 Å². The Labute approximate surface area is 150 Å². The van der Waals surface area contributed by atoms with Gasteiger partial charge in [0.05, 0.1) is 5.69 Å². The number of pyridine rings is 1. The van der Waals surface area contributed by atoms with E-state index in [9.17, 15) is 0 Å². The third kappa shape index (κ3) is 2.50. The van der Waals surface area contributed by atoms with E-state index in [1.54, 1.807) is 4.68 Å². The number of rotatable bonds is 3. The van der Waals surface area contributed by atoms with Gasteiger partial charge in [0, 0.05) is 25.2 Å². The summed E-state index contributed by atoms with van der Waals surface area (Å²) in [4.78, 5) is 2.24. The fourth-order valence-electron chi connectivity index (χ4n) is 3.62. The molecular formula is C18H18N8. The van der Waals surface area contributed by atoms with Gasteiger partial charge in [0.25, 0.3) is 0 Å². The van der Waals surface area contributed by atoms with E-state index >= 15 is 0 Å². The summed E-state index contributed by atoms with van der Waals surface area (Å²) in [5.41, 5.74) is 1.84. The second-order valence-corrected chi connectivity index (χ2v) is 6.50. The van der Waals surface area contributed by atoms with Crippen molar-refractivity contribution >= 4 is 11.6 Å². The first kappa shape index (κ1) is 15.0. The van der Waals surface area contributed by atoms with Crippen LogP contribution >= 0.6 is 0 Å². The molecule has 0 spiro atoms. The Bertz CT molecular complexity index is 1020. The number of fused-ring (bicyclic) bond motifs is 1. The normalized spacial score (nSPS) is 17.7. The van der Waals surface area contributed by atoms with Gasteiger partial charge in [-0.3, -0.25) is 4.40 Å². The molecule has 1 aliphatic heterocycles. The number of para-hydroxylation sites is 1. The molecule has 0 N–H and O–H groups in total. The monoisotopic (exact) mass is 346 g/mol. The zero-order valence-corrected chi connectivity index (χ0v) is 14.2. The minimum Gasteiger partial charge on any atom is -0.339 e. The van der Waals surface area contributed by atoms with Crippen LogP contribution in [0.25, 0.3) is 11.3 Å². The summed E-state index contributed by atoms with van der Waals surface area (Å²) in [6.45, 7) is 1.75. The molecule has 0 saturated carbocycles. The predicted molar refractivity (Wildman–Crippen MR) is 96.3 cm³/mol. The van der Waals surface area contributed by atoms with Gasteiger partial charge in [0.1, 0.15) is 5.82 Å². The maximum absolute atomic E-state index is 4.44. The van der Waals surface area contributed by atoms with Crippen LogP contribution < -0.4 is 4.90 Å². The highest BCUT2D eigenvalue weighted by Gasteiger charge is 2.28. The molecule has 1 fully saturated rings. The molecule has 0 unspecified atom stereocenters. The molecule has 0 amide bonds. The zero-order chi connectivity index (χ0) is 17.3. The summed E-state index contributed by atoms with van der Waals surface area (Å²) < 4.78 is 3.87. The highest BCUT2D eigenvalue weighted by atomic mass is 15.6. The molecule has 1 aromatic carbocycles. The van der Waals surface area contributed by atoms with E-state index in [1.165, 1.54) is 0 Å². The Morgan fingerprint density at radius 1 is 0.923 bits per heavy atom. The first-order chi connectivity index (χ1) is 12.9. The molecule has 0 aliphatic carbocycles. The summed E-state index contributed by atoms with van der Waals surface area (Å²) in [5.74, 6) is 2.07. The van der Waals surface area contributed by atoms with Gasteiger partial charge in [-0.15, -0.1) is 10.2 Å². The third-order valence-corrected chi connectivity index (χ3v) is 4.86. The number of nitrogens with zero attached hydrogens (tertiary/aromatic N) is 8. The largest absolute Gasteiger partial charge is 0.339 e. The SMILES string of the molecule is c1ccc(-n2nnnc2N2CCC[C@@H](c3nnc4ccccn34)C2)cc1. The molecule has 8 heteroatoms. The highest BCUT2D eigenvalue weighted by molar-refractivity contribution is 5.42. The van der Waals surface area contributed by atoms with Gasteiger partial charge in [0.2, 0.25) is 5.95 Å². The topological polar surface area (TPSA) is 77.0 Å². The van der Waals surface area contributed by atoms with Gasteiger partial charge >= 0.3 is 0 Å². The fourth-order valence-corrected chi connectivity index (χ4v) is 3.62. The molecule has 26 heavy (non-hydrogen) atoms. The van der Waals surface area contributed by atoms with E-state index < -0.39 is 0 Å². The Balaban J connectivity index is 1.46. The van der Waals surface area contributed by atoms with E-state index in [2.05, 4.69) is 35.0 Å². The van der Waals surface area contributed by atoms with E-state index in [-0.39, 0.29) is 0 Å². The molecule has 1 saturated heterocycles. The van der Waals surface area contributed by atoms with Crippen LogP contribution in [0, 0.1) is 0 Å². The summed E-state index contributed by atoms with van der Waals surface area (Å²) in [6.07, 6.45) is 4.17. The van der Waals surface area contributed by atoms with E-state index in [0.717, 1.165) is 49.0 Å². The van der Waals surface area contributed by atoms with Crippen LogP contribution in [0.2, 0.25) is 0 Å². The van der Waals surface area contributed by atoms with Crippen LogP contribution in [0.15, 0.2) is 54.7 Å². The lowest BCUT2D eigenvalue weighted by atomic mass is 9.97. The minimum atomic E-state index is 0.294. The van der Waals surface area contributed by atoms with Crippen LogP contribution in [0.5, 0.6) is 0 Å². The summed E-state index contributed by atoms with van der Waals surface area (Å²) in [6, 6.07) is 15.9. The smallest absolute Gasteiger partial charge is 0.250 e. The average molecular weight is 346 g/mol. The first-order valence-electron chi connectivity index (χ1n) is 8.78. The van der Waals surface area contributed by atoms with Crippen molar-refractivity contribution in [3.63, 3.8) is 0 Å². The third-order valence-electron chi connectivity index (χ3n) is 4.86. The average Bonchev–Trinajstić information content (AvgIpc) is 3.36. The lowest BCUT2D eigenvalue weighted by Gasteiger charge is -2.32. The van der Waals surface area contributed by atoms with Gasteiger partial charge in [-0.2, -0.15) is 4.68 Å². The quantitative estimate of drug-likeness (QED) is 0.565. The minimum absolute atomic E-state index is 0.294. The Morgan fingerprint density at radius 3 is 2.73 bits per heavy atom. The summed E-state index contributed by atoms with van der Waals surface area (Å²) in [5, 5.41) is 21.1. The van der Waals surface area contributed by atoms with Gasteiger partial charge in [-0.05, 0) is 47.5 Å². The van der Waals surface area contributed by atoms with Crippen molar-refractivity contribution in [1.29, 1.82) is 0 Å². The van der Waals surface area contributed by atoms with Crippen LogP contribution in [0.3, 0.4) is 0 Å². The zero-order valence-electron chi connectivity index (χ0n) is 14.2. The van der Waals surface area contributed by atoms with Gasteiger partial charge in [-0.25, -0.2) is 0 Å². The van der Waals surface area contributed by atoms with Crippen molar-refractivity contribution in [3.8, 4) is 5.69 Å². The molecule has 3 aromatic heterocycles. The molecule has 0 bridgehead atoms. The number of aromatic nitrogens is 7. The molecule has 8 nitrogen and oxygen atoms in total. The lowest BCUT2D eigenvalue weighted by Crippen LogP contribution is -2.36. The Morgan fingerprint density at radius 2 is 1.81 bits per heavy atom. The van der Waals surface area contributed by atoms with Gasteiger partial charge in [0.15, 0.2) is 5.65 Å². The molecular weight excluding hydrogens is 328 g/mol. The number of benzene rings is 1. The van der Waals surface area contributed by atoms with Gasteiger partial charge < -0.3 is 4.90 Å². The van der Waals surface area contributed by atoms with Crippen molar-refractivity contribution in [2.24, 2.45) is 0 Å². The van der Waals surface area contributed by atoms with E-state index in [0.29, 0.717) is 5.92 Å². The van der Waals surface area contributed by atoms with Crippen LogP contribution in [0.1, 0.15) is 24.6 Å². The van der Waals surface area contributed by atoms with Crippen LogP contribution in [-0.4, -0.2) is 47.9 Å². The number of hydrogen-bond donors (Lipinski definition) is 0. The maximum atomic E-state index is 4.44. The van der Waals surface area contributed by atoms with Crippen molar-refractivity contribution in [2.45, 2.75) is 18.8 Å². The fraction of sp³-hybridized carbons (Fsp3) is 0.278. The van der Waals surface area contributed by atoms with Gasteiger partial charge in [-0.1, -0.05) is 29.4 Å². The highest BCUT2D eigenvalue weighted by Crippen LogP contribution is 2.29. The van der Waals surface area contributed by atoms with Crippen molar-refractivity contribution in [2.75, 3.05) is 18.0 Å². The van der Waals surface area contributed by atoms with Crippen molar-refractivity contribution in [3.05, 3.63) is 60.6 Å². The molecule has 4 heterocycles. The lowest BCUT2D eigenvalue weighted by molar-refractivity contribution is 0.480. The van der Waals surface area contributed by atoms with Crippen molar-refractivity contribution in [1.82, 2.24) is 34.8 Å². The maximum Gasteiger partial charge on any atom is 0.250 e. The number of tetrazole rings is 1. The standard InChI is InChI=1S/C18H18N8/c1-2-8-15(9-3-1)26-18(21-22-23-26)24-11-6-7-14(13-24)17-20-19-16-10-4-5-12-25(16)17/h1-5,8-10,12,14H,6-7,11,13H2/t14-/m1/s1. The Kier molecular flexibility index (Phi) is 3.59. The molecule has 1 aliphatic rings. The van der Waals surface area contributed by atoms with Crippen LogP contribution in [-0.2, 0) is 0 Å². The summed E-state index contributed by atoms with van der Waals surface area (Å²) >= 11 is 0. The predicted octanol–water partition coefficient (Wildman–Crippen LogP) is 2.09. The summed E-state index contributed by atoms with van der Waals surface area (Å²) in [7, 11) is 0. The molecule has 130 valence electrons. The second kappa shape index (κ2) is 6.21.